The molecule has 1 aliphatic rings. The quantitative estimate of drug-likeness (QED) is 0.381. The van der Waals surface area contributed by atoms with E-state index in [2.05, 4.69) is 25.8 Å². The molecule has 15 heavy (non-hydrogen) atoms. The first-order valence-electron chi connectivity index (χ1n) is 5.88. The normalized spacial score (nSPS) is 37.1. The minimum atomic E-state index is -0.0415. The maximum Gasteiger partial charge on any atom is 0.0747 e. The molecule has 0 bridgehead atoms. The van der Waals surface area contributed by atoms with Crippen molar-refractivity contribution in [3.8, 4) is 0 Å². The molecule has 0 saturated heterocycles. The van der Waals surface area contributed by atoms with Crippen LogP contribution < -0.4 is 0 Å². The van der Waals surface area contributed by atoms with Gasteiger partial charge in [0.2, 0.25) is 0 Å². The van der Waals surface area contributed by atoms with E-state index in [1.165, 1.54) is 19.3 Å². The second kappa shape index (κ2) is 4.86. The number of rotatable bonds is 1. The first-order chi connectivity index (χ1) is 6.86. The minimum absolute atomic E-state index is 0.0415. The molecule has 3 unspecified atom stereocenters. The zero-order valence-electron chi connectivity index (χ0n) is 10.4. The van der Waals surface area contributed by atoms with Gasteiger partial charge in [0.05, 0.1) is 12.8 Å². The molecule has 0 aromatic carbocycles. The highest BCUT2D eigenvalue weighted by atomic mass is 32.1. The molecule has 0 amide bonds. The van der Waals surface area contributed by atoms with Gasteiger partial charge in [-0.25, -0.2) is 0 Å². The summed E-state index contributed by atoms with van der Waals surface area (Å²) in [6, 6.07) is 0.514. The van der Waals surface area contributed by atoms with Crippen LogP contribution in [0.4, 0.5) is 0 Å². The molecular weight excluding hydrogens is 201 g/mol. The van der Waals surface area contributed by atoms with E-state index in [-0.39, 0.29) is 5.31 Å². The van der Waals surface area contributed by atoms with E-state index in [1.807, 2.05) is 6.92 Å². The number of thiocarbonyl (C=S) groups is 1. The third kappa shape index (κ3) is 2.96. The van der Waals surface area contributed by atoms with Crippen molar-refractivity contribution in [3.05, 3.63) is 0 Å². The highest BCUT2D eigenvalue weighted by molar-refractivity contribution is 7.80. The topological polar surface area (TPSA) is 3.24 Å². The lowest BCUT2D eigenvalue weighted by Crippen LogP contribution is -2.42. The second-order valence-corrected chi connectivity index (χ2v) is 5.83. The summed E-state index contributed by atoms with van der Waals surface area (Å²) in [7, 11) is 8.48. The summed E-state index contributed by atoms with van der Waals surface area (Å²) in [6.07, 6.45) is 4.88. The Hall–Kier alpha value is -0.0451. The molecule has 0 aromatic rings. The molecule has 0 N–H and O–H groups in total. The molecule has 0 heterocycles. The molecule has 0 aromatic heterocycles. The Morgan fingerprint density at radius 1 is 1.47 bits per heavy atom. The van der Waals surface area contributed by atoms with Crippen LogP contribution in [0.25, 0.3) is 0 Å². The number of hydrogen-bond acceptors (Lipinski definition) is 1. The summed E-state index contributed by atoms with van der Waals surface area (Å²) in [5.74, 6) is 0.503. The van der Waals surface area contributed by atoms with E-state index in [0.29, 0.717) is 12.0 Å². The molecule has 1 fully saturated rings. The van der Waals surface area contributed by atoms with Gasteiger partial charge in [-0.3, -0.25) is 0 Å². The summed E-state index contributed by atoms with van der Waals surface area (Å²) in [6.45, 7) is 6.45. The van der Waals surface area contributed by atoms with Gasteiger partial charge in [-0.2, -0.15) is 0 Å². The third-order valence-corrected chi connectivity index (χ3v) is 4.36. The van der Waals surface area contributed by atoms with Crippen molar-refractivity contribution < 1.29 is 0 Å². The van der Waals surface area contributed by atoms with Crippen LogP contribution in [-0.4, -0.2) is 30.8 Å². The number of nitrogens with zero attached hydrogens (tertiary/aromatic N) is 1. The summed E-state index contributed by atoms with van der Waals surface area (Å²) < 4.78 is 0. The van der Waals surface area contributed by atoms with Gasteiger partial charge in [0.25, 0.3) is 0 Å². The van der Waals surface area contributed by atoms with E-state index in [0.717, 1.165) is 11.4 Å². The predicted molar refractivity (Wildman–Crippen MR) is 71.6 cm³/mol. The van der Waals surface area contributed by atoms with E-state index in [9.17, 15) is 0 Å². The fourth-order valence-electron chi connectivity index (χ4n) is 2.54. The van der Waals surface area contributed by atoms with Crippen LogP contribution in [0, 0.1) is 5.92 Å². The van der Waals surface area contributed by atoms with Crippen LogP contribution >= 0.6 is 12.2 Å². The van der Waals surface area contributed by atoms with Gasteiger partial charge < -0.3 is 4.90 Å². The Kier molecular flexibility index (Phi) is 4.22. The summed E-state index contributed by atoms with van der Waals surface area (Å²) >= 11 is 5.26. The smallest absolute Gasteiger partial charge is 0.0747 e. The second-order valence-electron chi connectivity index (χ2n) is 5.24. The molecule has 0 spiro atoms. The van der Waals surface area contributed by atoms with E-state index < -0.39 is 0 Å². The fourth-order valence-corrected chi connectivity index (χ4v) is 2.67. The number of hydrogen-bond donors (Lipinski definition) is 0. The highest BCUT2D eigenvalue weighted by Crippen LogP contribution is 2.44. The van der Waals surface area contributed by atoms with Crippen LogP contribution in [0.1, 0.15) is 46.5 Å². The van der Waals surface area contributed by atoms with Crippen LogP contribution in [-0.2, 0) is 0 Å². The van der Waals surface area contributed by atoms with Crippen LogP contribution in [0.2, 0.25) is 5.31 Å². The van der Waals surface area contributed by atoms with Crippen LogP contribution in [0.3, 0.4) is 0 Å². The largest absolute Gasteiger partial charge is 0.366 e. The molecule has 0 aliphatic heterocycles. The lowest BCUT2D eigenvalue weighted by Gasteiger charge is -2.40. The van der Waals surface area contributed by atoms with Crippen LogP contribution in [0.5, 0.6) is 0 Å². The van der Waals surface area contributed by atoms with Gasteiger partial charge in [0.15, 0.2) is 0 Å². The summed E-state index contributed by atoms with van der Waals surface area (Å²) in [5.41, 5.74) is 0. The van der Waals surface area contributed by atoms with Gasteiger partial charge in [0.1, 0.15) is 0 Å². The SMILES string of the molecule is [B]C1(C)CCCCC(N(C)C(C)=S)C1C. The Morgan fingerprint density at radius 2 is 2.07 bits per heavy atom. The fraction of sp³-hybridized carbons (Fsp3) is 0.917. The van der Waals surface area contributed by atoms with Crippen molar-refractivity contribution in [1.82, 2.24) is 4.90 Å². The molecule has 1 rings (SSSR count). The minimum Gasteiger partial charge on any atom is -0.366 e. The van der Waals surface area contributed by atoms with E-state index in [1.54, 1.807) is 0 Å². The molecule has 1 nitrogen and oxygen atoms in total. The standard InChI is InChI=1S/C12H22BNS/c1-9-11(14(4)10(2)15)7-5-6-8-12(9,3)13/h9,11H,5-8H2,1-4H3. The first kappa shape index (κ1) is 13.0. The predicted octanol–water partition coefficient (Wildman–Crippen LogP) is 3.19. The first-order valence-corrected chi connectivity index (χ1v) is 6.29. The summed E-state index contributed by atoms with van der Waals surface area (Å²) in [4.78, 5) is 3.21. The Morgan fingerprint density at radius 3 is 2.60 bits per heavy atom. The van der Waals surface area contributed by atoms with Crippen molar-refractivity contribution >= 4 is 25.1 Å². The average Bonchev–Trinajstić information content (AvgIpc) is 2.27. The van der Waals surface area contributed by atoms with E-state index in [4.69, 9.17) is 20.1 Å². The van der Waals surface area contributed by atoms with Crippen molar-refractivity contribution in [2.75, 3.05) is 7.05 Å². The molecular formula is C12H22BNS. The van der Waals surface area contributed by atoms with Gasteiger partial charge in [0, 0.05) is 13.1 Å². The molecule has 3 atom stereocenters. The highest BCUT2D eigenvalue weighted by Gasteiger charge is 2.35. The Labute approximate surface area is 101 Å². The maximum absolute atomic E-state index is 6.38. The zero-order valence-corrected chi connectivity index (χ0v) is 11.2. The van der Waals surface area contributed by atoms with Gasteiger partial charge in [-0.05, 0) is 19.3 Å². The van der Waals surface area contributed by atoms with Gasteiger partial charge in [-0.1, -0.05) is 50.6 Å². The molecule has 2 radical (unpaired) electrons. The summed E-state index contributed by atoms with van der Waals surface area (Å²) in [5, 5.41) is -0.0415. The van der Waals surface area contributed by atoms with Gasteiger partial charge >= 0.3 is 0 Å². The average molecular weight is 223 g/mol. The molecule has 3 heteroatoms. The lowest BCUT2D eigenvalue weighted by molar-refractivity contribution is 0.226. The van der Waals surface area contributed by atoms with Crippen LogP contribution in [0.15, 0.2) is 0 Å². The molecule has 1 saturated carbocycles. The van der Waals surface area contributed by atoms with Gasteiger partial charge in [-0.15, -0.1) is 0 Å². The zero-order chi connectivity index (χ0) is 11.6. The lowest BCUT2D eigenvalue weighted by atomic mass is 9.59. The van der Waals surface area contributed by atoms with Crippen molar-refractivity contribution in [3.63, 3.8) is 0 Å². The monoisotopic (exact) mass is 223 g/mol. The maximum atomic E-state index is 6.38. The Bertz CT molecular complexity index is 240. The molecule has 1 aliphatic carbocycles. The van der Waals surface area contributed by atoms with Crippen molar-refractivity contribution in [2.45, 2.75) is 57.8 Å². The van der Waals surface area contributed by atoms with E-state index >= 15 is 0 Å². The third-order valence-electron chi connectivity index (χ3n) is 4.08. The van der Waals surface area contributed by atoms with Crippen molar-refractivity contribution in [2.24, 2.45) is 5.92 Å². The van der Waals surface area contributed by atoms with Crippen molar-refractivity contribution in [1.29, 1.82) is 0 Å². The Balaban J connectivity index is 2.82. The molecule has 84 valence electrons.